The number of ether oxygens (including phenoxy) is 1. The van der Waals surface area contributed by atoms with E-state index in [1.807, 2.05) is 44.2 Å². The first-order chi connectivity index (χ1) is 15.8. The third-order valence-electron chi connectivity index (χ3n) is 5.57. The van der Waals surface area contributed by atoms with Gasteiger partial charge in [0.25, 0.3) is 10.0 Å². The number of thiophene rings is 1. The molecule has 0 saturated heterocycles. The molecular weight excluding hydrogens is 458 g/mol. The molecular formula is C25H25NO5S2. The van der Waals surface area contributed by atoms with Gasteiger partial charge in [0.15, 0.2) is 0 Å². The molecule has 6 nitrogen and oxygen atoms in total. The Hall–Kier alpha value is -3.10. The number of carbonyl (C=O) groups excluding carboxylic acids is 1. The average Bonchev–Trinajstić information content (AvgIpc) is 3.06. The number of aliphatic hydroxyl groups excluding tert-OH is 1. The molecule has 3 aromatic rings. The molecule has 8 heteroatoms. The summed E-state index contributed by atoms with van der Waals surface area (Å²) in [6.07, 6.45) is 0.0322. The van der Waals surface area contributed by atoms with Crippen LogP contribution < -0.4 is 4.31 Å². The summed E-state index contributed by atoms with van der Waals surface area (Å²) in [5.41, 5.74) is 2.92. The minimum absolute atomic E-state index is 0.00952. The average molecular weight is 484 g/mol. The quantitative estimate of drug-likeness (QED) is 0.487. The Kier molecular flexibility index (Phi) is 6.32. The number of hydrogen-bond donors (Lipinski definition) is 1. The molecule has 1 aliphatic heterocycles. The third kappa shape index (κ3) is 4.16. The molecule has 172 valence electrons. The van der Waals surface area contributed by atoms with E-state index in [2.05, 4.69) is 0 Å². The molecule has 0 bridgehead atoms. The minimum Gasteiger partial charge on any atom is -0.507 e. The third-order valence-corrected chi connectivity index (χ3v) is 8.63. The van der Waals surface area contributed by atoms with E-state index in [4.69, 9.17) is 4.74 Å². The van der Waals surface area contributed by atoms with Crippen LogP contribution in [-0.4, -0.2) is 32.6 Å². The molecule has 1 N–H and O–H groups in total. The smallest absolute Gasteiger partial charge is 0.337 e. The Bertz CT molecular complexity index is 1320. The minimum atomic E-state index is -3.93. The summed E-state index contributed by atoms with van der Waals surface area (Å²) in [4.78, 5) is 13.7. The van der Waals surface area contributed by atoms with E-state index in [0.717, 1.165) is 16.0 Å². The predicted molar refractivity (Wildman–Crippen MR) is 131 cm³/mol. The van der Waals surface area contributed by atoms with Crippen LogP contribution in [0.5, 0.6) is 0 Å². The zero-order valence-electron chi connectivity index (χ0n) is 18.7. The predicted octanol–water partition coefficient (Wildman–Crippen LogP) is 5.46. The first-order valence-electron chi connectivity index (χ1n) is 10.6. The van der Waals surface area contributed by atoms with Gasteiger partial charge in [-0.2, -0.15) is 0 Å². The van der Waals surface area contributed by atoms with Crippen LogP contribution in [0.25, 0.3) is 16.9 Å². The van der Waals surface area contributed by atoms with Crippen LogP contribution >= 0.6 is 11.3 Å². The second-order valence-electron chi connectivity index (χ2n) is 7.77. The summed E-state index contributed by atoms with van der Waals surface area (Å²) in [5, 5.41) is 11.7. The first-order valence-corrected chi connectivity index (χ1v) is 12.9. The number of carbonyl (C=O) groups is 1. The van der Waals surface area contributed by atoms with Crippen molar-refractivity contribution < 1.29 is 23.1 Å². The fourth-order valence-electron chi connectivity index (χ4n) is 3.95. The van der Waals surface area contributed by atoms with Crippen molar-refractivity contribution in [3.8, 4) is 11.1 Å². The van der Waals surface area contributed by atoms with Crippen molar-refractivity contribution in [3.05, 3.63) is 76.2 Å². The maximum atomic E-state index is 13.7. The zero-order chi connectivity index (χ0) is 23.8. The molecule has 0 atom stereocenters. The molecule has 0 fully saturated rings. The molecule has 0 unspecified atom stereocenters. The van der Waals surface area contributed by atoms with E-state index in [1.165, 1.54) is 15.6 Å². The Labute approximate surface area is 197 Å². The summed E-state index contributed by atoms with van der Waals surface area (Å²) in [6, 6.07) is 16.1. The summed E-state index contributed by atoms with van der Waals surface area (Å²) in [6.45, 7) is 5.63. The van der Waals surface area contributed by atoms with Gasteiger partial charge in [0.1, 0.15) is 10.8 Å². The molecule has 0 spiro atoms. The highest BCUT2D eigenvalue weighted by molar-refractivity contribution is 7.93. The van der Waals surface area contributed by atoms with Crippen LogP contribution in [0.15, 0.2) is 65.1 Å². The fourth-order valence-corrected chi connectivity index (χ4v) is 6.83. The van der Waals surface area contributed by atoms with Gasteiger partial charge in [-0.15, -0.1) is 11.3 Å². The van der Waals surface area contributed by atoms with Gasteiger partial charge in [0.05, 0.1) is 22.6 Å². The summed E-state index contributed by atoms with van der Waals surface area (Å²) in [5.74, 6) is -0.869. The number of hydrogen-bond acceptors (Lipinski definition) is 6. The largest absolute Gasteiger partial charge is 0.507 e. The number of benzene rings is 2. The normalized spacial score (nSPS) is 14.1. The van der Waals surface area contributed by atoms with Crippen LogP contribution in [0.2, 0.25) is 0 Å². The second kappa shape index (κ2) is 9.03. The number of esters is 1. The maximum absolute atomic E-state index is 13.7. The van der Waals surface area contributed by atoms with Crippen molar-refractivity contribution in [1.82, 2.24) is 0 Å². The molecule has 0 saturated carbocycles. The molecule has 4 rings (SSSR count). The van der Waals surface area contributed by atoms with Crippen LogP contribution in [0.4, 0.5) is 5.00 Å². The van der Waals surface area contributed by atoms with E-state index in [1.54, 1.807) is 31.2 Å². The zero-order valence-corrected chi connectivity index (χ0v) is 20.3. The van der Waals surface area contributed by atoms with Gasteiger partial charge in [-0.1, -0.05) is 48.0 Å². The lowest BCUT2D eigenvalue weighted by molar-refractivity contribution is -0.138. The molecule has 0 aliphatic carbocycles. The van der Waals surface area contributed by atoms with Crippen molar-refractivity contribution in [3.63, 3.8) is 0 Å². The molecule has 0 amide bonds. The highest BCUT2D eigenvalue weighted by atomic mass is 32.2. The van der Waals surface area contributed by atoms with Gasteiger partial charge >= 0.3 is 5.97 Å². The number of anilines is 1. The van der Waals surface area contributed by atoms with E-state index in [0.29, 0.717) is 16.1 Å². The van der Waals surface area contributed by atoms with Gasteiger partial charge in [0.2, 0.25) is 0 Å². The monoisotopic (exact) mass is 483 g/mol. The standard InChI is InChI=1S/C25H25NO5S2/c1-4-31-25(28)20-14-15-26(33(29,30)19-12-10-16(2)11-13-19)24-22(23(20)27)21(17(3)32-24)18-8-6-5-7-9-18/h5-13,27H,4,14-15H2,1-3H3. The van der Waals surface area contributed by atoms with Gasteiger partial charge in [0, 0.05) is 23.4 Å². The van der Waals surface area contributed by atoms with Crippen LogP contribution in [0.3, 0.4) is 0 Å². The Morgan fingerprint density at radius 1 is 1.06 bits per heavy atom. The fraction of sp³-hybridized carbons (Fsp3) is 0.240. The first kappa shape index (κ1) is 23.1. The van der Waals surface area contributed by atoms with Gasteiger partial charge in [-0.05, 0) is 38.5 Å². The van der Waals surface area contributed by atoms with E-state index >= 15 is 0 Å². The summed E-state index contributed by atoms with van der Waals surface area (Å²) < 4.78 is 33.9. The molecule has 2 aromatic carbocycles. The van der Waals surface area contributed by atoms with Gasteiger partial charge in [-0.3, -0.25) is 4.31 Å². The number of fused-ring (bicyclic) bond motifs is 1. The Morgan fingerprint density at radius 3 is 2.36 bits per heavy atom. The van der Waals surface area contributed by atoms with E-state index in [-0.39, 0.29) is 35.8 Å². The summed E-state index contributed by atoms with van der Waals surface area (Å²) >= 11 is 1.29. The van der Waals surface area contributed by atoms with Crippen LogP contribution in [-0.2, 0) is 19.6 Å². The second-order valence-corrected chi connectivity index (χ2v) is 10.8. The lowest BCUT2D eigenvalue weighted by atomic mass is 9.98. The van der Waals surface area contributed by atoms with E-state index in [9.17, 15) is 18.3 Å². The Morgan fingerprint density at radius 2 is 1.73 bits per heavy atom. The van der Waals surface area contributed by atoms with Gasteiger partial charge < -0.3 is 9.84 Å². The molecule has 1 aromatic heterocycles. The highest BCUT2D eigenvalue weighted by Crippen LogP contribution is 2.48. The number of nitrogens with zero attached hydrogens (tertiary/aromatic N) is 1. The van der Waals surface area contributed by atoms with Crippen LogP contribution in [0.1, 0.15) is 29.3 Å². The number of rotatable bonds is 5. The van der Waals surface area contributed by atoms with Crippen LogP contribution in [0, 0.1) is 13.8 Å². The molecule has 0 radical (unpaired) electrons. The SMILES string of the molecule is CCOC(=O)C1=C(O)c2c(sc(C)c2-c2ccccc2)N(S(=O)(=O)c2ccc(C)cc2)CC1. The van der Waals surface area contributed by atoms with Crippen molar-refractivity contribution in [2.24, 2.45) is 0 Å². The van der Waals surface area contributed by atoms with Crippen molar-refractivity contribution in [1.29, 1.82) is 0 Å². The molecule has 1 aliphatic rings. The maximum Gasteiger partial charge on any atom is 0.337 e. The lowest BCUT2D eigenvalue weighted by Gasteiger charge is -2.22. The van der Waals surface area contributed by atoms with Crippen molar-refractivity contribution in [2.45, 2.75) is 32.1 Å². The highest BCUT2D eigenvalue weighted by Gasteiger charge is 2.36. The lowest BCUT2D eigenvalue weighted by Crippen LogP contribution is -2.31. The van der Waals surface area contributed by atoms with Crippen molar-refractivity contribution in [2.75, 3.05) is 17.5 Å². The van der Waals surface area contributed by atoms with Gasteiger partial charge in [-0.25, -0.2) is 13.2 Å². The van der Waals surface area contributed by atoms with Crippen molar-refractivity contribution >= 4 is 38.1 Å². The number of aryl methyl sites for hydroxylation is 2. The summed E-state index contributed by atoms with van der Waals surface area (Å²) in [7, 11) is -3.93. The topological polar surface area (TPSA) is 83.9 Å². The number of sulfonamides is 1. The molecule has 33 heavy (non-hydrogen) atoms. The number of aliphatic hydroxyl groups is 1. The molecule has 2 heterocycles. The van der Waals surface area contributed by atoms with E-state index < -0.39 is 16.0 Å². The Balaban J connectivity index is 1.96.